The molecule has 5 nitrogen and oxygen atoms in total. The van der Waals surface area contributed by atoms with Gasteiger partial charge < -0.3 is 9.64 Å². The van der Waals surface area contributed by atoms with Crippen molar-refractivity contribution < 1.29 is 4.74 Å². The van der Waals surface area contributed by atoms with Gasteiger partial charge >= 0.3 is 0 Å². The Morgan fingerprint density at radius 2 is 1.91 bits per heavy atom. The highest BCUT2D eigenvalue weighted by Crippen LogP contribution is 2.20. The third kappa shape index (κ3) is 4.03. The monoisotopic (exact) mass is 318 g/mol. The second-order valence-corrected chi connectivity index (χ2v) is 6.22. The fraction of sp³-hybridized carbons (Fsp3) is 0.500. The van der Waals surface area contributed by atoms with Crippen molar-refractivity contribution in [2.75, 3.05) is 44.8 Å². The van der Waals surface area contributed by atoms with Crippen LogP contribution in [0, 0.1) is 0 Å². The lowest BCUT2D eigenvalue weighted by atomic mass is 10.2. The Kier molecular flexibility index (Phi) is 5.37. The summed E-state index contributed by atoms with van der Waals surface area (Å²) in [5.41, 5.74) is 1.38. The summed E-state index contributed by atoms with van der Waals surface area (Å²) in [4.78, 5) is 9.46. The standard InChI is InChI=1S/C16H22N4OS/c1-21-12-7-15-17-16(22-18-15)20-10-8-19(9-11-20)13-14-5-3-2-4-6-14/h2-6H,7-13H2,1H3. The summed E-state index contributed by atoms with van der Waals surface area (Å²) < 4.78 is 9.49. The molecule has 2 aromatic rings. The highest BCUT2D eigenvalue weighted by atomic mass is 32.1. The number of piperazine rings is 1. The summed E-state index contributed by atoms with van der Waals surface area (Å²) in [5.74, 6) is 0.897. The van der Waals surface area contributed by atoms with Gasteiger partial charge in [-0.15, -0.1) is 0 Å². The van der Waals surface area contributed by atoms with Crippen LogP contribution in [0.5, 0.6) is 0 Å². The van der Waals surface area contributed by atoms with Gasteiger partial charge in [-0.3, -0.25) is 4.90 Å². The molecule has 0 saturated carbocycles. The Balaban J connectivity index is 1.50. The molecule has 0 spiro atoms. The molecule has 0 aliphatic carbocycles. The van der Waals surface area contributed by atoms with Crippen molar-refractivity contribution in [3.05, 3.63) is 41.7 Å². The number of aromatic nitrogens is 2. The highest BCUT2D eigenvalue weighted by Gasteiger charge is 2.20. The molecule has 0 bridgehead atoms. The van der Waals surface area contributed by atoms with Gasteiger partial charge in [0, 0.05) is 57.8 Å². The molecule has 0 amide bonds. The Labute approximate surface area is 135 Å². The maximum absolute atomic E-state index is 5.08. The van der Waals surface area contributed by atoms with Crippen LogP contribution in [0.1, 0.15) is 11.4 Å². The van der Waals surface area contributed by atoms with E-state index >= 15 is 0 Å². The van der Waals surface area contributed by atoms with Crippen LogP contribution in [0.25, 0.3) is 0 Å². The Bertz CT molecular complexity index is 567. The average Bonchev–Trinajstić information content (AvgIpc) is 3.03. The first-order valence-corrected chi connectivity index (χ1v) is 8.45. The van der Waals surface area contributed by atoms with Crippen LogP contribution in [0.2, 0.25) is 0 Å². The van der Waals surface area contributed by atoms with E-state index in [9.17, 15) is 0 Å². The smallest absolute Gasteiger partial charge is 0.205 e. The summed E-state index contributed by atoms with van der Waals surface area (Å²) >= 11 is 1.50. The fourth-order valence-electron chi connectivity index (χ4n) is 2.61. The number of nitrogens with zero attached hydrogens (tertiary/aromatic N) is 4. The predicted molar refractivity (Wildman–Crippen MR) is 89.4 cm³/mol. The number of anilines is 1. The van der Waals surface area contributed by atoms with Crippen molar-refractivity contribution in [2.45, 2.75) is 13.0 Å². The van der Waals surface area contributed by atoms with Gasteiger partial charge in [0.1, 0.15) is 5.82 Å². The molecule has 0 N–H and O–H groups in total. The molecular weight excluding hydrogens is 296 g/mol. The van der Waals surface area contributed by atoms with Crippen LogP contribution in [0.4, 0.5) is 5.13 Å². The van der Waals surface area contributed by atoms with Gasteiger partial charge in [0.15, 0.2) is 0 Å². The maximum atomic E-state index is 5.08. The number of methoxy groups -OCH3 is 1. The van der Waals surface area contributed by atoms with Gasteiger partial charge in [0.25, 0.3) is 0 Å². The molecule has 1 aromatic heterocycles. The molecule has 118 valence electrons. The lowest BCUT2D eigenvalue weighted by Crippen LogP contribution is -2.45. The number of rotatable bonds is 6. The molecule has 22 heavy (non-hydrogen) atoms. The highest BCUT2D eigenvalue weighted by molar-refractivity contribution is 7.09. The second kappa shape index (κ2) is 7.67. The van der Waals surface area contributed by atoms with Gasteiger partial charge in [-0.2, -0.15) is 4.37 Å². The van der Waals surface area contributed by atoms with Crippen LogP contribution >= 0.6 is 11.5 Å². The van der Waals surface area contributed by atoms with E-state index in [2.05, 4.69) is 49.5 Å². The summed E-state index contributed by atoms with van der Waals surface area (Å²) in [6.07, 6.45) is 0.793. The van der Waals surface area contributed by atoms with Crippen LogP contribution in [-0.2, 0) is 17.7 Å². The molecule has 1 aromatic carbocycles. The molecule has 1 fully saturated rings. The number of ether oxygens (including phenoxy) is 1. The van der Waals surface area contributed by atoms with E-state index in [1.807, 2.05) is 0 Å². The van der Waals surface area contributed by atoms with Crippen LogP contribution < -0.4 is 4.90 Å². The molecule has 1 saturated heterocycles. The van der Waals surface area contributed by atoms with E-state index in [0.717, 1.165) is 50.1 Å². The van der Waals surface area contributed by atoms with Gasteiger partial charge in [0.05, 0.1) is 6.61 Å². The third-order valence-corrected chi connectivity index (χ3v) is 4.69. The van der Waals surface area contributed by atoms with E-state index in [-0.39, 0.29) is 0 Å². The molecule has 3 rings (SSSR count). The number of benzene rings is 1. The zero-order valence-corrected chi connectivity index (χ0v) is 13.8. The molecule has 1 aliphatic heterocycles. The van der Waals surface area contributed by atoms with E-state index in [1.54, 1.807) is 7.11 Å². The minimum Gasteiger partial charge on any atom is -0.384 e. The maximum Gasteiger partial charge on any atom is 0.205 e. The predicted octanol–water partition coefficient (Wildman–Crippen LogP) is 2.05. The Morgan fingerprint density at radius 1 is 1.14 bits per heavy atom. The normalized spacial score (nSPS) is 16.1. The van der Waals surface area contributed by atoms with Crippen molar-refractivity contribution in [3.63, 3.8) is 0 Å². The molecule has 1 aliphatic rings. The molecule has 0 atom stereocenters. The minimum absolute atomic E-state index is 0.682. The largest absolute Gasteiger partial charge is 0.384 e. The first-order valence-electron chi connectivity index (χ1n) is 7.68. The van der Waals surface area contributed by atoms with Crippen molar-refractivity contribution in [1.29, 1.82) is 0 Å². The lowest BCUT2D eigenvalue weighted by Gasteiger charge is -2.34. The van der Waals surface area contributed by atoms with E-state index in [0.29, 0.717) is 6.61 Å². The minimum atomic E-state index is 0.682. The van der Waals surface area contributed by atoms with Crippen LogP contribution in [0.15, 0.2) is 30.3 Å². The molecule has 6 heteroatoms. The molecule has 0 unspecified atom stereocenters. The van der Waals surface area contributed by atoms with Gasteiger partial charge in [0.2, 0.25) is 5.13 Å². The van der Waals surface area contributed by atoms with Crippen molar-refractivity contribution in [1.82, 2.24) is 14.3 Å². The van der Waals surface area contributed by atoms with Gasteiger partial charge in [-0.05, 0) is 5.56 Å². The van der Waals surface area contributed by atoms with E-state index in [1.165, 1.54) is 17.1 Å². The molecular formula is C16H22N4OS. The SMILES string of the molecule is COCCc1nsc(N2CCN(Cc3ccccc3)CC2)n1. The summed E-state index contributed by atoms with van der Waals surface area (Å²) in [6, 6.07) is 10.7. The quantitative estimate of drug-likeness (QED) is 0.815. The summed E-state index contributed by atoms with van der Waals surface area (Å²) in [7, 11) is 1.71. The van der Waals surface area contributed by atoms with E-state index < -0.39 is 0 Å². The van der Waals surface area contributed by atoms with Crippen molar-refractivity contribution >= 4 is 16.7 Å². The Hall–Kier alpha value is -1.50. The first kappa shape index (κ1) is 15.4. The fourth-order valence-corrected chi connectivity index (χ4v) is 3.37. The summed E-state index contributed by atoms with van der Waals surface area (Å²) in [5, 5.41) is 1.05. The zero-order chi connectivity index (χ0) is 15.2. The van der Waals surface area contributed by atoms with E-state index in [4.69, 9.17) is 4.74 Å². The zero-order valence-electron chi connectivity index (χ0n) is 12.9. The molecule has 0 radical (unpaired) electrons. The Morgan fingerprint density at radius 3 is 2.64 bits per heavy atom. The second-order valence-electron chi connectivity index (χ2n) is 5.48. The van der Waals surface area contributed by atoms with Gasteiger partial charge in [-0.25, -0.2) is 4.98 Å². The molecule has 2 heterocycles. The topological polar surface area (TPSA) is 41.5 Å². The summed E-state index contributed by atoms with van der Waals surface area (Å²) in [6.45, 7) is 5.90. The number of hydrogen-bond donors (Lipinski definition) is 0. The lowest BCUT2D eigenvalue weighted by molar-refractivity contribution is 0.201. The third-order valence-electron chi connectivity index (χ3n) is 3.88. The van der Waals surface area contributed by atoms with Crippen LogP contribution in [-0.4, -0.2) is 54.2 Å². The van der Waals surface area contributed by atoms with Crippen molar-refractivity contribution in [3.8, 4) is 0 Å². The number of hydrogen-bond acceptors (Lipinski definition) is 6. The van der Waals surface area contributed by atoms with Crippen LogP contribution in [0.3, 0.4) is 0 Å². The first-order chi connectivity index (χ1) is 10.8. The average molecular weight is 318 g/mol. The van der Waals surface area contributed by atoms with Crippen molar-refractivity contribution in [2.24, 2.45) is 0 Å². The van der Waals surface area contributed by atoms with Gasteiger partial charge in [-0.1, -0.05) is 30.3 Å².